The second kappa shape index (κ2) is 45.3. The third-order valence-electron chi connectivity index (χ3n) is 13.8. The number of hydrogen-bond donors (Lipinski definition) is 16. The minimum atomic E-state index is -1.61. The average Bonchev–Trinajstić information content (AvgIpc) is 0.992. The van der Waals surface area contributed by atoms with E-state index in [0.29, 0.717) is 6.42 Å². The first-order valence-corrected chi connectivity index (χ1v) is 29.9. The summed E-state index contributed by atoms with van der Waals surface area (Å²) in [5.41, 5.74) is 0. The molecule has 3 aliphatic rings. The summed E-state index contributed by atoms with van der Waals surface area (Å²) in [6.45, 7) is 0.437. The molecule has 3 heterocycles. The first kappa shape index (κ1) is 80.2. The third-order valence-corrected chi connectivity index (χ3v) is 13.8. The summed E-state index contributed by atoms with van der Waals surface area (Å²) in [6, 6.07) is -6.17. The van der Waals surface area contributed by atoms with Crippen LogP contribution in [-0.2, 0) is 95.2 Å². The van der Waals surface area contributed by atoms with E-state index in [2.05, 4.69) is 37.2 Å². The summed E-state index contributed by atoms with van der Waals surface area (Å²) in [4.78, 5) is 98.6. The van der Waals surface area contributed by atoms with Crippen molar-refractivity contribution in [2.45, 2.75) is 163 Å². The zero-order valence-corrected chi connectivity index (χ0v) is 51.3. The standard InChI is InChI=1S/C54H95N7O30/c1-30(65)57-41-47(74)44(71)35(24-62)89-52(41)86-21-18-80-12-15-83-27-38(68)55-10-6-4-8-33(60-40(70)29-85-17-14-82-20-23-88-54-43(59-32(3)67)49(76)46(73)37(26-64)91-54)50(77)61-34(51(78)79)9-5-7-11-56-39(69)28-84-16-13-81-19-22-87-53-42(58-31(2)66)48(75)45(72)36(25-63)90-53/h33-37,41-49,52-54,62-64,71-76H,4-29H2,1-3H3,(H,55,68)(H,56,69)(H,57,65)(H,58,66)(H,59,67)(H,60,70)(H,61,77)(H,78,79)/p-1. The molecule has 526 valence electrons. The van der Waals surface area contributed by atoms with Crippen LogP contribution in [0.5, 0.6) is 0 Å². The molecular formula is C54H94N7O30-. The predicted molar refractivity (Wildman–Crippen MR) is 301 cm³/mol. The normalized spacial score (nSPS) is 27.2. The molecule has 0 aromatic heterocycles. The van der Waals surface area contributed by atoms with Crippen LogP contribution in [0.15, 0.2) is 0 Å². The molecule has 0 aromatic carbocycles. The molecule has 3 fully saturated rings. The van der Waals surface area contributed by atoms with Crippen LogP contribution in [-0.4, -0.2) is 329 Å². The number of nitrogens with one attached hydrogen (secondary N) is 7. The highest BCUT2D eigenvalue weighted by molar-refractivity contribution is 5.90. The van der Waals surface area contributed by atoms with Crippen molar-refractivity contribution in [3.8, 4) is 0 Å². The van der Waals surface area contributed by atoms with E-state index >= 15 is 0 Å². The van der Waals surface area contributed by atoms with Crippen LogP contribution < -0.4 is 42.3 Å². The van der Waals surface area contributed by atoms with Crippen molar-refractivity contribution in [2.24, 2.45) is 0 Å². The number of amides is 7. The monoisotopic (exact) mass is 1320 g/mol. The molecule has 17 atom stereocenters. The van der Waals surface area contributed by atoms with Crippen LogP contribution in [0.2, 0.25) is 0 Å². The van der Waals surface area contributed by atoms with E-state index in [1.807, 2.05) is 0 Å². The van der Waals surface area contributed by atoms with Gasteiger partial charge in [0, 0.05) is 33.9 Å². The fourth-order valence-electron chi connectivity index (χ4n) is 9.19. The van der Waals surface area contributed by atoms with Gasteiger partial charge >= 0.3 is 0 Å². The van der Waals surface area contributed by atoms with Gasteiger partial charge in [-0.05, 0) is 38.5 Å². The van der Waals surface area contributed by atoms with Gasteiger partial charge in [0.1, 0.15) is 98.9 Å². The van der Waals surface area contributed by atoms with E-state index in [0.717, 1.165) is 0 Å². The summed E-state index contributed by atoms with van der Waals surface area (Å²) in [5, 5.41) is 120. The van der Waals surface area contributed by atoms with Crippen LogP contribution in [0, 0.1) is 0 Å². The fraction of sp³-hybridized carbons (Fsp3) is 0.852. The largest absolute Gasteiger partial charge is 0.548 e. The smallest absolute Gasteiger partial charge is 0.246 e. The van der Waals surface area contributed by atoms with Crippen molar-refractivity contribution in [2.75, 3.05) is 132 Å². The highest BCUT2D eigenvalue weighted by Gasteiger charge is 2.48. The Morgan fingerprint density at radius 3 is 1.03 bits per heavy atom. The molecule has 0 bridgehead atoms. The Hall–Kier alpha value is -5.08. The van der Waals surface area contributed by atoms with Gasteiger partial charge < -0.3 is 150 Å². The molecule has 0 aromatic rings. The Morgan fingerprint density at radius 1 is 0.407 bits per heavy atom. The van der Waals surface area contributed by atoms with E-state index in [1.165, 1.54) is 20.8 Å². The van der Waals surface area contributed by atoms with Gasteiger partial charge in [-0.25, -0.2) is 0 Å². The zero-order valence-electron chi connectivity index (χ0n) is 51.3. The number of aliphatic hydroxyl groups excluding tert-OH is 9. The minimum Gasteiger partial charge on any atom is -0.548 e. The van der Waals surface area contributed by atoms with Gasteiger partial charge in [-0.2, -0.15) is 0 Å². The number of carbonyl (C=O) groups excluding carboxylic acids is 8. The highest BCUT2D eigenvalue weighted by Crippen LogP contribution is 2.25. The van der Waals surface area contributed by atoms with Crippen LogP contribution in [0.25, 0.3) is 0 Å². The molecule has 0 aliphatic carbocycles. The molecule has 91 heavy (non-hydrogen) atoms. The summed E-state index contributed by atoms with van der Waals surface area (Å²) in [5.74, 6) is -5.73. The van der Waals surface area contributed by atoms with Crippen molar-refractivity contribution in [3.05, 3.63) is 0 Å². The van der Waals surface area contributed by atoms with Gasteiger partial charge in [-0.15, -0.1) is 0 Å². The Kier molecular flexibility index (Phi) is 39.9. The van der Waals surface area contributed by atoms with E-state index in [9.17, 15) is 89.4 Å². The van der Waals surface area contributed by atoms with Crippen LogP contribution >= 0.6 is 0 Å². The molecule has 3 aliphatic heterocycles. The van der Waals surface area contributed by atoms with Crippen molar-refractivity contribution in [1.82, 2.24) is 37.2 Å². The summed E-state index contributed by atoms with van der Waals surface area (Å²) < 4.78 is 65.6. The second-order valence-corrected chi connectivity index (χ2v) is 21.1. The van der Waals surface area contributed by atoms with Crippen molar-refractivity contribution < 1.29 is 146 Å². The van der Waals surface area contributed by atoms with Crippen molar-refractivity contribution in [3.63, 3.8) is 0 Å². The Bertz CT molecular complexity index is 2150. The number of hydrogen-bond acceptors (Lipinski definition) is 30. The van der Waals surface area contributed by atoms with Gasteiger partial charge in [-0.1, -0.05) is 0 Å². The maximum atomic E-state index is 13.6. The van der Waals surface area contributed by atoms with E-state index < -0.39 is 178 Å². The summed E-state index contributed by atoms with van der Waals surface area (Å²) in [7, 11) is 0. The maximum absolute atomic E-state index is 13.6. The molecule has 16 N–H and O–H groups in total. The number of carboxylic acid groups (broad SMARTS) is 1. The molecule has 37 heteroatoms. The van der Waals surface area contributed by atoms with Gasteiger partial charge in [0.25, 0.3) is 0 Å². The van der Waals surface area contributed by atoms with Gasteiger partial charge in [-0.3, -0.25) is 33.6 Å². The number of aliphatic hydroxyl groups is 9. The quantitative estimate of drug-likeness (QED) is 0.0252. The lowest BCUT2D eigenvalue weighted by atomic mass is 9.97. The van der Waals surface area contributed by atoms with Gasteiger partial charge in [0.15, 0.2) is 18.9 Å². The topological polar surface area (TPSA) is 537 Å². The summed E-state index contributed by atoms with van der Waals surface area (Å²) in [6.07, 6.45) is -15.1. The Morgan fingerprint density at radius 2 is 0.714 bits per heavy atom. The number of aliphatic carboxylic acids is 1. The van der Waals surface area contributed by atoms with Gasteiger partial charge in [0.05, 0.1) is 111 Å². The molecule has 3 rings (SSSR count). The molecule has 7 amide bonds. The van der Waals surface area contributed by atoms with E-state index in [-0.39, 0.29) is 138 Å². The number of carboxylic acids is 1. The second-order valence-electron chi connectivity index (χ2n) is 21.1. The van der Waals surface area contributed by atoms with E-state index in [1.54, 1.807) is 0 Å². The lowest BCUT2D eigenvalue weighted by Gasteiger charge is -2.42. The van der Waals surface area contributed by atoms with Crippen LogP contribution in [0.1, 0.15) is 59.3 Å². The number of carbonyl (C=O) groups is 8. The third kappa shape index (κ3) is 30.7. The fourth-order valence-corrected chi connectivity index (χ4v) is 9.19. The zero-order chi connectivity index (χ0) is 67.3. The highest BCUT2D eigenvalue weighted by atomic mass is 16.7. The SMILES string of the molecule is CC(=O)NC1C(OCCOCCOCC(=O)NCCCCC(NC(=O)C(CCCCNC(=O)COCCOCCOC2OC(CO)C(O)C(O)C2NC(C)=O)NC(=O)COCCOCCOC2OC(CO)C(O)C(O)C2NC(C)=O)C(=O)[O-])OC(CO)C(O)C1O. The Labute approximate surface area is 525 Å². The van der Waals surface area contributed by atoms with Gasteiger partial charge in [0.2, 0.25) is 41.4 Å². The molecule has 17 unspecified atom stereocenters. The van der Waals surface area contributed by atoms with Crippen molar-refractivity contribution >= 4 is 47.3 Å². The molecular weight excluding hydrogens is 1230 g/mol. The van der Waals surface area contributed by atoms with E-state index in [4.69, 9.17) is 56.8 Å². The molecule has 0 spiro atoms. The number of rotatable bonds is 47. The molecule has 0 saturated carbocycles. The lowest BCUT2D eigenvalue weighted by Crippen LogP contribution is -2.64. The Balaban J connectivity index is 1.39. The van der Waals surface area contributed by atoms with Crippen LogP contribution in [0.3, 0.4) is 0 Å². The number of ether oxygens (including phenoxy) is 12. The van der Waals surface area contributed by atoms with Crippen LogP contribution in [0.4, 0.5) is 0 Å². The molecule has 37 nitrogen and oxygen atoms in total. The maximum Gasteiger partial charge on any atom is 0.246 e. The minimum absolute atomic E-state index is 0.00510. The predicted octanol–water partition coefficient (Wildman–Crippen LogP) is -10.7. The lowest BCUT2D eigenvalue weighted by molar-refractivity contribution is -0.308. The number of unbranched alkanes of at least 4 members (excludes halogenated alkanes) is 2. The molecule has 0 radical (unpaired) electrons. The van der Waals surface area contributed by atoms with Crippen molar-refractivity contribution in [1.29, 1.82) is 0 Å². The first-order chi connectivity index (χ1) is 43.5. The molecule has 3 saturated heterocycles. The summed E-state index contributed by atoms with van der Waals surface area (Å²) >= 11 is 0. The average molecular weight is 1320 g/mol. The first-order valence-electron chi connectivity index (χ1n) is 29.9.